The van der Waals surface area contributed by atoms with Gasteiger partial charge in [0, 0.05) is 18.7 Å². The van der Waals surface area contributed by atoms with Crippen LogP contribution in [0.4, 0.5) is 0 Å². The maximum atomic E-state index is 8.82. The number of aryl methyl sites for hydroxylation is 1. The molecule has 0 heterocycles. The van der Waals surface area contributed by atoms with Gasteiger partial charge in [-0.1, -0.05) is 18.2 Å². The van der Waals surface area contributed by atoms with E-state index in [9.17, 15) is 0 Å². The standard InChI is InChI=1S/C15H25NO/c1-11-7-5-9-15(13(11)3)14(4)16-12(2)8-6-10-17/h5,7,9,12,14,16-17H,6,8,10H2,1-4H3. The van der Waals surface area contributed by atoms with Crippen LogP contribution in [0.15, 0.2) is 18.2 Å². The molecule has 0 aliphatic rings. The summed E-state index contributed by atoms with van der Waals surface area (Å²) in [6.07, 6.45) is 1.89. The van der Waals surface area contributed by atoms with Crippen molar-refractivity contribution in [2.24, 2.45) is 0 Å². The second-order valence-corrected chi connectivity index (χ2v) is 4.94. The predicted octanol–water partition coefficient (Wildman–Crippen LogP) is 3.12. The molecule has 0 fully saturated rings. The van der Waals surface area contributed by atoms with E-state index in [0.717, 1.165) is 12.8 Å². The van der Waals surface area contributed by atoms with Crippen molar-refractivity contribution in [3.63, 3.8) is 0 Å². The molecule has 0 saturated heterocycles. The Kier molecular flexibility index (Phi) is 5.66. The minimum Gasteiger partial charge on any atom is -0.396 e. The van der Waals surface area contributed by atoms with Gasteiger partial charge in [0.05, 0.1) is 0 Å². The molecule has 0 radical (unpaired) electrons. The number of benzene rings is 1. The van der Waals surface area contributed by atoms with Crippen LogP contribution >= 0.6 is 0 Å². The quantitative estimate of drug-likeness (QED) is 0.794. The fraction of sp³-hybridized carbons (Fsp3) is 0.600. The van der Waals surface area contributed by atoms with Crippen LogP contribution < -0.4 is 5.32 Å². The summed E-state index contributed by atoms with van der Waals surface area (Å²) in [7, 11) is 0. The third kappa shape index (κ3) is 4.14. The molecule has 0 aliphatic carbocycles. The van der Waals surface area contributed by atoms with Crippen molar-refractivity contribution in [1.29, 1.82) is 0 Å². The van der Waals surface area contributed by atoms with Crippen molar-refractivity contribution in [2.45, 2.75) is 52.6 Å². The minimum absolute atomic E-state index is 0.282. The van der Waals surface area contributed by atoms with Crippen molar-refractivity contribution in [3.8, 4) is 0 Å². The average Bonchev–Trinajstić information content (AvgIpc) is 2.29. The third-order valence-corrected chi connectivity index (χ3v) is 3.44. The lowest BCUT2D eigenvalue weighted by Crippen LogP contribution is -2.29. The van der Waals surface area contributed by atoms with Crippen molar-refractivity contribution < 1.29 is 5.11 Å². The minimum atomic E-state index is 0.282. The Morgan fingerprint density at radius 1 is 1.24 bits per heavy atom. The lowest BCUT2D eigenvalue weighted by Gasteiger charge is -2.22. The van der Waals surface area contributed by atoms with Crippen molar-refractivity contribution in [2.75, 3.05) is 6.61 Å². The van der Waals surface area contributed by atoms with E-state index in [4.69, 9.17) is 5.11 Å². The molecule has 0 spiro atoms. The first-order valence-corrected chi connectivity index (χ1v) is 6.49. The molecule has 1 aromatic rings. The predicted molar refractivity (Wildman–Crippen MR) is 73.2 cm³/mol. The summed E-state index contributed by atoms with van der Waals surface area (Å²) in [5, 5.41) is 12.4. The molecule has 0 aromatic heterocycles. The van der Waals surface area contributed by atoms with E-state index in [1.165, 1.54) is 16.7 Å². The summed E-state index contributed by atoms with van der Waals surface area (Å²) in [5.74, 6) is 0. The van der Waals surface area contributed by atoms with Crippen molar-refractivity contribution in [3.05, 3.63) is 34.9 Å². The number of aliphatic hydroxyl groups excluding tert-OH is 1. The van der Waals surface area contributed by atoms with E-state index in [2.05, 4.69) is 51.2 Å². The van der Waals surface area contributed by atoms with Gasteiger partial charge in [0.25, 0.3) is 0 Å². The fourth-order valence-electron chi connectivity index (χ4n) is 2.24. The summed E-state index contributed by atoms with van der Waals surface area (Å²) in [6.45, 7) is 9.00. The molecule has 1 rings (SSSR count). The second kappa shape index (κ2) is 6.77. The Morgan fingerprint density at radius 2 is 1.94 bits per heavy atom. The highest BCUT2D eigenvalue weighted by Crippen LogP contribution is 2.20. The number of hydrogen-bond donors (Lipinski definition) is 2. The molecule has 2 N–H and O–H groups in total. The third-order valence-electron chi connectivity index (χ3n) is 3.44. The van der Waals surface area contributed by atoms with Crippen LogP contribution in [-0.2, 0) is 0 Å². The van der Waals surface area contributed by atoms with Crippen LogP contribution in [0.3, 0.4) is 0 Å². The van der Waals surface area contributed by atoms with E-state index < -0.39 is 0 Å². The second-order valence-electron chi connectivity index (χ2n) is 4.94. The van der Waals surface area contributed by atoms with Gasteiger partial charge >= 0.3 is 0 Å². The molecule has 0 bridgehead atoms. The molecule has 2 nitrogen and oxygen atoms in total. The van der Waals surface area contributed by atoms with Gasteiger partial charge in [-0.3, -0.25) is 0 Å². The lowest BCUT2D eigenvalue weighted by molar-refractivity contribution is 0.274. The molecule has 2 heteroatoms. The van der Waals surface area contributed by atoms with Gasteiger partial charge in [-0.25, -0.2) is 0 Å². The Labute approximate surface area is 105 Å². The maximum Gasteiger partial charge on any atom is 0.0431 e. The van der Waals surface area contributed by atoms with E-state index in [-0.39, 0.29) is 6.61 Å². The van der Waals surface area contributed by atoms with Crippen LogP contribution in [0.2, 0.25) is 0 Å². The van der Waals surface area contributed by atoms with E-state index >= 15 is 0 Å². The Bertz CT molecular complexity index is 349. The first-order chi connectivity index (χ1) is 8.06. The highest BCUT2D eigenvalue weighted by molar-refractivity contribution is 5.35. The first-order valence-electron chi connectivity index (χ1n) is 6.49. The molecule has 17 heavy (non-hydrogen) atoms. The zero-order valence-corrected chi connectivity index (χ0v) is 11.5. The highest BCUT2D eigenvalue weighted by Gasteiger charge is 2.11. The molecule has 2 atom stereocenters. The molecule has 0 aliphatic heterocycles. The van der Waals surface area contributed by atoms with Crippen LogP contribution in [-0.4, -0.2) is 17.8 Å². The average molecular weight is 235 g/mol. The zero-order chi connectivity index (χ0) is 12.8. The van der Waals surface area contributed by atoms with Gasteiger partial charge in [0.1, 0.15) is 0 Å². The van der Waals surface area contributed by atoms with Gasteiger partial charge in [0.15, 0.2) is 0 Å². The molecule has 0 amide bonds. The number of rotatable bonds is 6. The van der Waals surface area contributed by atoms with E-state index in [1.54, 1.807) is 0 Å². The number of hydrogen-bond acceptors (Lipinski definition) is 2. The molecule has 2 unspecified atom stereocenters. The van der Waals surface area contributed by atoms with E-state index in [1.807, 2.05) is 0 Å². The Morgan fingerprint density at radius 3 is 2.59 bits per heavy atom. The maximum absolute atomic E-state index is 8.82. The zero-order valence-electron chi connectivity index (χ0n) is 11.5. The SMILES string of the molecule is Cc1cccc(C(C)NC(C)CCCO)c1C. The molecular formula is C15H25NO. The molecule has 0 saturated carbocycles. The summed E-state index contributed by atoms with van der Waals surface area (Å²) < 4.78 is 0. The Balaban J connectivity index is 2.63. The van der Waals surface area contributed by atoms with Crippen LogP contribution in [0.25, 0.3) is 0 Å². The summed E-state index contributed by atoms with van der Waals surface area (Å²) in [5.41, 5.74) is 4.10. The first kappa shape index (κ1) is 14.2. The topological polar surface area (TPSA) is 32.3 Å². The normalized spacial score (nSPS) is 14.6. The van der Waals surface area contributed by atoms with Gasteiger partial charge in [-0.05, 0) is 57.2 Å². The lowest BCUT2D eigenvalue weighted by atomic mass is 9.97. The fourth-order valence-corrected chi connectivity index (χ4v) is 2.24. The summed E-state index contributed by atoms with van der Waals surface area (Å²) in [4.78, 5) is 0. The molecule has 96 valence electrons. The van der Waals surface area contributed by atoms with Crippen molar-refractivity contribution in [1.82, 2.24) is 5.32 Å². The number of aliphatic hydroxyl groups is 1. The largest absolute Gasteiger partial charge is 0.396 e. The van der Waals surface area contributed by atoms with Crippen molar-refractivity contribution >= 4 is 0 Å². The van der Waals surface area contributed by atoms with Crippen LogP contribution in [0.1, 0.15) is 49.4 Å². The smallest absolute Gasteiger partial charge is 0.0431 e. The van der Waals surface area contributed by atoms with Gasteiger partial charge in [-0.15, -0.1) is 0 Å². The molecular weight excluding hydrogens is 210 g/mol. The Hall–Kier alpha value is -0.860. The summed E-state index contributed by atoms with van der Waals surface area (Å²) in [6, 6.07) is 7.27. The van der Waals surface area contributed by atoms with Crippen LogP contribution in [0.5, 0.6) is 0 Å². The van der Waals surface area contributed by atoms with Crippen LogP contribution in [0, 0.1) is 13.8 Å². The van der Waals surface area contributed by atoms with Gasteiger partial charge in [-0.2, -0.15) is 0 Å². The van der Waals surface area contributed by atoms with E-state index in [0.29, 0.717) is 12.1 Å². The highest BCUT2D eigenvalue weighted by atomic mass is 16.2. The number of nitrogens with one attached hydrogen (secondary N) is 1. The van der Waals surface area contributed by atoms with Gasteiger partial charge in [0.2, 0.25) is 0 Å². The summed E-state index contributed by atoms with van der Waals surface area (Å²) >= 11 is 0. The monoisotopic (exact) mass is 235 g/mol. The van der Waals surface area contributed by atoms with Gasteiger partial charge < -0.3 is 10.4 Å². The molecule has 1 aromatic carbocycles.